The number of pyridine rings is 1. The maximum absolute atomic E-state index is 13.2. The smallest absolute Gasteiger partial charge is 0.162 e. The molecule has 3 aromatic heterocycles. The topological polar surface area (TPSA) is 47.8 Å². The normalized spacial score (nSPS) is 11.0. The molecule has 3 aromatic rings. The molecule has 0 radical (unpaired) electrons. The van der Waals surface area contributed by atoms with Crippen LogP contribution in [-0.4, -0.2) is 20.3 Å². The number of carbonyl (C=O) groups is 1. The minimum absolute atomic E-state index is 0.124. The molecule has 0 fully saturated rings. The molecular formula is C12H8FN3OS. The Hall–Kier alpha value is -2.08. The van der Waals surface area contributed by atoms with Crippen molar-refractivity contribution < 1.29 is 9.18 Å². The van der Waals surface area contributed by atoms with Crippen LogP contribution in [0.2, 0.25) is 0 Å². The SMILES string of the molecule is CC(=O)c1cn(-c2cscn2)c2ncc(F)cc12. The van der Waals surface area contributed by atoms with E-state index >= 15 is 0 Å². The average molecular weight is 261 g/mol. The van der Waals surface area contributed by atoms with E-state index < -0.39 is 5.82 Å². The van der Waals surface area contributed by atoms with Crippen molar-refractivity contribution in [3.05, 3.63) is 40.7 Å². The molecule has 90 valence electrons. The highest BCUT2D eigenvalue weighted by Crippen LogP contribution is 2.24. The van der Waals surface area contributed by atoms with Gasteiger partial charge in [-0.2, -0.15) is 0 Å². The highest BCUT2D eigenvalue weighted by Gasteiger charge is 2.15. The number of Topliss-reactive ketones (excluding diaryl/α,β-unsaturated/α-hetero) is 1. The molecule has 0 N–H and O–H groups in total. The lowest BCUT2D eigenvalue weighted by molar-refractivity contribution is 0.101. The second-order valence-electron chi connectivity index (χ2n) is 3.84. The van der Waals surface area contributed by atoms with Crippen LogP contribution in [0.1, 0.15) is 17.3 Å². The number of fused-ring (bicyclic) bond motifs is 1. The number of thiazole rings is 1. The van der Waals surface area contributed by atoms with Gasteiger partial charge in [0.15, 0.2) is 5.78 Å². The molecule has 0 saturated carbocycles. The number of ketones is 1. The van der Waals surface area contributed by atoms with E-state index in [1.165, 1.54) is 24.3 Å². The Kier molecular flexibility index (Phi) is 2.45. The molecule has 18 heavy (non-hydrogen) atoms. The average Bonchev–Trinajstić information content (AvgIpc) is 2.93. The van der Waals surface area contributed by atoms with Crippen LogP contribution in [0.15, 0.2) is 29.4 Å². The van der Waals surface area contributed by atoms with Crippen LogP contribution >= 0.6 is 11.3 Å². The molecular weight excluding hydrogens is 253 g/mol. The summed E-state index contributed by atoms with van der Waals surface area (Å²) >= 11 is 1.45. The summed E-state index contributed by atoms with van der Waals surface area (Å²) in [5.74, 6) is 0.0963. The minimum atomic E-state index is -0.457. The lowest BCUT2D eigenvalue weighted by Crippen LogP contribution is -1.93. The van der Waals surface area contributed by atoms with Gasteiger partial charge in [-0.3, -0.25) is 9.36 Å². The van der Waals surface area contributed by atoms with Crippen LogP contribution in [-0.2, 0) is 0 Å². The molecule has 0 saturated heterocycles. The first-order chi connectivity index (χ1) is 8.66. The van der Waals surface area contributed by atoms with Gasteiger partial charge in [0.05, 0.1) is 11.7 Å². The molecule has 0 aliphatic heterocycles. The number of aromatic nitrogens is 3. The zero-order valence-electron chi connectivity index (χ0n) is 9.42. The summed E-state index contributed by atoms with van der Waals surface area (Å²) in [4.78, 5) is 19.8. The third-order valence-corrected chi connectivity index (χ3v) is 3.23. The van der Waals surface area contributed by atoms with E-state index in [0.717, 1.165) is 6.20 Å². The molecule has 0 unspecified atom stereocenters. The van der Waals surface area contributed by atoms with E-state index in [9.17, 15) is 9.18 Å². The molecule has 0 spiro atoms. The lowest BCUT2D eigenvalue weighted by atomic mass is 10.1. The minimum Gasteiger partial charge on any atom is -0.294 e. The Morgan fingerprint density at radius 3 is 2.94 bits per heavy atom. The summed E-state index contributed by atoms with van der Waals surface area (Å²) in [6.07, 6.45) is 2.78. The number of hydrogen-bond acceptors (Lipinski definition) is 4. The highest BCUT2D eigenvalue weighted by atomic mass is 32.1. The molecule has 0 aromatic carbocycles. The van der Waals surface area contributed by atoms with Gasteiger partial charge in [-0.1, -0.05) is 0 Å². The maximum Gasteiger partial charge on any atom is 0.162 e. The van der Waals surface area contributed by atoms with Crippen LogP contribution in [0.5, 0.6) is 0 Å². The van der Waals surface area contributed by atoms with Crippen molar-refractivity contribution in [1.82, 2.24) is 14.5 Å². The lowest BCUT2D eigenvalue weighted by Gasteiger charge is -1.98. The first-order valence-electron chi connectivity index (χ1n) is 5.23. The summed E-state index contributed by atoms with van der Waals surface area (Å²) in [6, 6.07) is 1.32. The van der Waals surface area contributed by atoms with Gasteiger partial charge in [0.25, 0.3) is 0 Å². The van der Waals surface area contributed by atoms with Crippen LogP contribution in [0.4, 0.5) is 4.39 Å². The van der Waals surface area contributed by atoms with Gasteiger partial charge in [-0.15, -0.1) is 11.3 Å². The zero-order chi connectivity index (χ0) is 12.7. The summed E-state index contributed by atoms with van der Waals surface area (Å²) in [5.41, 5.74) is 2.68. The van der Waals surface area contributed by atoms with Crippen molar-refractivity contribution in [1.29, 1.82) is 0 Å². The van der Waals surface area contributed by atoms with Crippen molar-refractivity contribution in [3.63, 3.8) is 0 Å². The van der Waals surface area contributed by atoms with E-state index in [2.05, 4.69) is 9.97 Å². The number of halogens is 1. The van der Waals surface area contributed by atoms with Crippen LogP contribution < -0.4 is 0 Å². The van der Waals surface area contributed by atoms with E-state index in [1.54, 1.807) is 16.3 Å². The van der Waals surface area contributed by atoms with E-state index in [1.807, 2.05) is 5.38 Å². The Morgan fingerprint density at radius 1 is 1.44 bits per heavy atom. The molecule has 3 rings (SSSR count). The first kappa shape index (κ1) is 11.0. The van der Waals surface area contributed by atoms with Gasteiger partial charge in [-0.25, -0.2) is 14.4 Å². The Labute approximate surface area is 106 Å². The van der Waals surface area contributed by atoms with Crippen LogP contribution in [0, 0.1) is 5.82 Å². The molecule has 0 bridgehead atoms. The predicted octanol–water partition coefficient (Wildman–Crippen LogP) is 2.82. The molecule has 0 aliphatic carbocycles. The molecule has 3 heterocycles. The summed E-state index contributed by atoms with van der Waals surface area (Å²) < 4.78 is 14.9. The van der Waals surface area contributed by atoms with Gasteiger partial charge in [0, 0.05) is 22.5 Å². The fourth-order valence-electron chi connectivity index (χ4n) is 1.86. The van der Waals surface area contributed by atoms with E-state index in [4.69, 9.17) is 0 Å². The number of rotatable bonds is 2. The van der Waals surface area contributed by atoms with Crippen molar-refractivity contribution in [3.8, 4) is 5.82 Å². The third kappa shape index (κ3) is 1.62. The Morgan fingerprint density at radius 2 is 2.28 bits per heavy atom. The maximum atomic E-state index is 13.2. The van der Waals surface area contributed by atoms with Crippen molar-refractivity contribution in [2.75, 3.05) is 0 Å². The Bertz CT molecular complexity index is 733. The van der Waals surface area contributed by atoms with E-state index in [0.29, 0.717) is 22.4 Å². The van der Waals surface area contributed by atoms with Gasteiger partial charge in [0.2, 0.25) is 0 Å². The van der Waals surface area contributed by atoms with Crippen molar-refractivity contribution >= 4 is 28.2 Å². The number of hydrogen-bond donors (Lipinski definition) is 0. The number of carbonyl (C=O) groups excluding carboxylic acids is 1. The fourth-order valence-corrected chi connectivity index (χ4v) is 2.39. The van der Waals surface area contributed by atoms with Crippen LogP contribution in [0.3, 0.4) is 0 Å². The molecule has 4 nitrogen and oxygen atoms in total. The monoisotopic (exact) mass is 261 g/mol. The largest absolute Gasteiger partial charge is 0.294 e. The second-order valence-corrected chi connectivity index (χ2v) is 4.56. The van der Waals surface area contributed by atoms with Gasteiger partial charge >= 0.3 is 0 Å². The molecule has 0 aliphatic rings. The standard InChI is InChI=1S/C12H8FN3OS/c1-7(17)10-4-16(11-5-18-6-15-11)12-9(10)2-8(13)3-14-12/h2-6H,1H3. The highest BCUT2D eigenvalue weighted by molar-refractivity contribution is 7.07. The zero-order valence-corrected chi connectivity index (χ0v) is 10.2. The molecule has 6 heteroatoms. The first-order valence-corrected chi connectivity index (χ1v) is 6.17. The van der Waals surface area contributed by atoms with Gasteiger partial charge in [-0.05, 0) is 13.0 Å². The second kappa shape index (κ2) is 3.99. The van der Waals surface area contributed by atoms with Crippen LogP contribution in [0.25, 0.3) is 16.9 Å². The van der Waals surface area contributed by atoms with Crippen molar-refractivity contribution in [2.45, 2.75) is 6.92 Å². The van der Waals surface area contributed by atoms with Gasteiger partial charge < -0.3 is 0 Å². The summed E-state index contributed by atoms with van der Waals surface area (Å²) in [7, 11) is 0. The van der Waals surface area contributed by atoms with Crippen molar-refractivity contribution in [2.24, 2.45) is 0 Å². The quantitative estimate of drug-likeness (QED) is 0.666. The number of nitrogens with zero attached hydrogens (tertiary/aromatic N) is 3. The van der Waals surface area contributed by atoms with Gasteiger partial charge in [0.1, 0.15) is 17.3 Å². The fraction of sp³-hybridized carbons (Fsp3) is 0.0833. The Balaban J connectivity index is 2.37. The molecule has 0 atom stereocenters. The molecule has 0 amide bonds. The summed E-state index contributed by atoms with van der Waals surface area (Å²) in [6.45, 7) is 1.45. The summed E-state index contributed by atoms with van der Waals surface area (Å²) in [5, 5.41) is 2.35. The van der Waals surface area contributed by atoms with E-state index in [-0.39, 0.29) is 5.78 Å². The third-order valence-electron chi connectivity index (χ3n) is 2.66. The predicted molar refractivity (Wildman–Crippen MR) is 66.7 cm³/mol.